The van der Waals surface area contributed by atoms with Crippen molar-refractivity contribution in [2.24, 2.45) is 0 Å². The maximum Gasteiger partial charge on any atom is 0.471 e. The molecule has 0 spiro atoms. The van der Waals surface area contributed by atoms with E-state index in [-0.39, 0.29) is 23.5 Å². The highest BCUT2D eigenvalue weighted by Gasteiger charge is 2.38. The maximum atomic E-state index is 12.6. The zero-order valence-corrected chi connectivity index (χ0v) is 17.1. The van der Waals surface area contributed by atoms with Gasteiger partial charge >= 0.3 is 12.1 Å². The van der Waals surface area contributed by atoms with Gasteiger partial charge in [-0.15, -0.1) is 0 Å². The van der Waals surface area contributed by atoms with Crippen LogP contribution < -0.4 is 10.1 Å². The molecule has 3 aromatic heterocycles. The fourth-order valence-corrected chi connectivity index (χ4v) is 2.84. The number of pyridine rings is 1. The molecule has 0 saturated carbocycles. The van der Waals surface area contributed by atoms with E-state index < -0.39 is 18.0 Å². The van der Waals surface area contributed by atoms with Crippen molar-refractivity contribution in [3.63, 3.8) is 0 Å². The van der Waals surface area contributed by atoms with Crippen LogP contribution in [0.5, 0.6) is 5.75 Å². The van der Waals surface area contributed by atoms with E-state index >= 15 is 0 Å². The van der Waals surface area contributed by atoms with Gasteiger partial charge in [0, 0.05) is 36.5 Å². The van der Waals surface area contributed by atoms with Crippen LogP contribution in [0.1, 0.15) is 21.9 Å². The number of amides is 1. The van der Waals surface area contributed by atoms with E-state index in [1.165, 1.54) is 24.7 Å². The molecule has 3 heterocycles. The number of aromatic nitrogens is 4. The standard InChI is InChI=1S/C21H16F3N5O4/c1-31-16-4-2-12(3-5-16)19-27-15(11-32-19)6-7-26-18(30)14-8-13(9-25-10-14)17-28-20(33-29-17)21(22,23)24/h2-5,8-11H,6-7H2,1H3,(H,26,30). The van der Waals surface area contributed by atoms with Crippen LogP contribution in [0.25, 0.3) is 22.8 Å². The molecule has 0 aliphatic carbocycles. The molecule has 4 aromatic rings. The van der Waals surface area contributed by atoms with Gasteiger partial charge in [-0.2, -0.15) is 18.2 Å². The first-order valence-corrected chi connectivity index (χ1v) is 9.57. The molecule has 1 aromatic carbocycles. The normalized spacial score (nSPS) is 11.4. The molecule has 33 heavy (non-hydrogen) atoms. The number of carbonyl (C=O) groups is 1. The predicted octanol–water partition coefficient (Wildman–Crippen LogP) is 3.79. The van der Waals surface area contributed by atoms with Gasteiger partial charge in [-0.05, 0) is 30.3 Å². The number of methoxy groups -OCH3 is 1. The van der Waals surface area contributed by atoms with Crippen molar-refractivity contribution in [3.05, 3.63) is 66.1 Å². The molecule has 0 aliphatic heterocycles. The topological polar surface area (TPSA) is 116 Å². The van der Waals surface area contributed by atoms with Gasteiger partial charge in [0.2, 0.25) is 11.7 Å². The van der Waals surface area contributed by atoms with Crippen molar-refractivity contribution in [1.82, 2.24) is 25.4 Å². The Bertz CT molecular complexity index is 1250. The molecule has 0 saturated heterocycles. The summed E-state index contributed by atoms with van der Waals surface area (Å²) < 4.78 is 52.7. The zero-order valence-electron chi connectivity index (χ0n) is 17.1. The first kappa shape index (κ1) is 22.0. The van der Waals surface area contributed by atoms with Gasteiger partial charge in [0.05, 0.1) is 18.4 Å². The lowest BCUT2D eigenvalue weighted by Crippen LogP contribution is -2.25. The third-order valence-corrected chi connectivity index (χ3v) is 4.48. The SMILES string of the molecule is COc1ccc(-c2nc(CCNC(=O)c3cncc(-c4noc(C(F)(F)F)n4)c3)co2)cc1. The third kappa shape index (κ3) is 5.17. The molecule has 0 aliphatic rings. The first-order chi connectivity index (χ1) is 15.8. The van der Waals surface area contributed by atoms with E-state index in [9.17, 15) is 18.0 Å². The van der Waals surface area contributed by atoms with Gasteiger partial charge in [-0.1, -0.05) is 5.16 Å². The average Bonchev–Trinajstić information content (AvgIpc) is 3.49. The van der Waals surface area contributed by atoms with Crippen molar-refractivity contribution in [2.75, 3.05) is 13.7 Å². The van der Waals surface area contributed by atoms with Crippen molar-refractivity contribution >= 4 is 5.91 Å². The largest absolute Gasteiger partial charge is 0.497 e. The highest BCUT2D eigenvalue weighted by Crippen LogP contribution is 2.29. The van der Waals surface area contributed by atoms with Gasteiger partial charge in [-0.3, -0.25) is 9.78 Å². The molecule has 0 fully saturated rings. The highest BCUT2D eigenvalue weighted by atomic mass is 19.4. The Morgan fingerprint density at radius 1 is 1.12 bits per heavy atom. The van der Waals surface area contributed by atoms with Crippen LogP contribution in [0.4, 0.5) is 13.2 Å². The minimum absolute atomic E-state index is 0.113. The number of nitrogens with zero attached hydrogens (tertiary/aromatic N) is 4. The van der Waals surface area contributed by atoms with Crippen LogP contribution in [0, 0.1) is 0 Å². The molecule has 4 rings (SSSR count). The summed E-state index contributed by atoms with van der Waals surface area (Å²) in [5.74, 6) is -1.11. The van der Waals surface area contributed by atoms with Crippen LogP contribution in [-0.4, -0.2) is 39.7 Å². The van der Waals surface area contributed by atoms with E-state index in [1.807, 2.05) is 12.1 Å². The number of oxazole rings is 1. The number of alkyl halides is 3. The monoisotopic (exact) mass is 459 g/mol. The lowest BCUT2D eigenvalue weighted by molar-refractivity contribution is -0.159. The summed E-state index contributed by atoms with van der Waals surface area (Å²) in [4.78, 5) is 24.0. The van der Waals surface area contributed by atoms with Gasteiger partial charge in [0.15, 0.2) is 0 Å². The quantitative estimate of drug-likeness (QED) is 0.444. The van der Waals surface area contributed by atoms with Crippen molar-refractivity contribution in [2.45, 2.75) is 12.6 Å². The number of halogens is 3. The van der Waals surface area contributed by atoms with E-state index in [0.717, 1.165) is 5.56 Å². The lowest BCUT2D eigenvalue weighted by atomic mass is 10.2. The number of carbonyl (C=O) groups excluding carboxylic acids is 1. The molecule has 9 nitrogen and oxygen atoms in total. The summed E-state index contributed by atoms with van der Waals surface area (Å²) in [6.45, 7) is 0.248. The second kappa shape index (κ2) is 9.10. The molecule has 0 bridgehead atoms. The Morgan fingerprint density at radius 3 is 2.61 bits per heavy atom. The van der Waals surface area contributed by atoms with Gasteiger partial charge in [-0.25, -0.2) is 4.98 Å². The first-order valence-electron chi connectivity index (χ1n) is 9.57. The predicted molar refractivity (Wildman–Crippen MR) is 107 cm³/mol. The molecule has 0 radical (unpaired) electrons. The Balaban J connectivity index is 1.35. The smallest absolute Gasteiger partial charge is 0.471 e. The Kier molecular flexibility index (Phi) is 6.07. The molecule has 0 atom stereocenters. The summed E-state index contributed by atoms with van der Waals surface area (Å²) in [5.41, 5.74) is 1.66. The second-order valence-corrected chi connectivity index (χ2v) is 6.76. The number of benzene rings is 1. The van der Waals surface area contributed by atoms with Crippen molar-refractivity contribution in [1.29, 1.82) is 0 Å². The minimum Gasteiger partial charge on any atom is -0.497 e. The van der Waals surface area contributed by atoms with Gasteiger partial charge in [0.1, 0.15) is 12.0 Å². The van der Waals surface area contributed by atoms with Crippen molar-refractivity contribution < 1.29 is 31.6 Å². The van der Waals surface area contributed by atoms with Gasteiger partial charge < -0.3 is 19.0 Å². The molecular weight excluding hydrogens is 443 g/mol. The van der Waals surface area contributed by atoms with E-state index in [0.29, 0.717) is 23.8 Å². The molecule has 170 valence electrons. The number of hydrogen-bond acceptors (Lipinski definition) is 8. The maximum absolute atomic E-state index is 12.6. The second-order valence-electron chi connectivity index (χ2n) is 6.76. The summed E-state index contributed by atoms with van der Waals surface area (Å²) in [6, 6.07) is 8.54. The Morgan fingerprint density at radius 2 is 1.91 bits per heavy atom. The summed E-state index contributed by atoms with van der Waals surface area (Å²) in [7, 11) is 1.58. The van der Waals surface area contributed by atoms with Crippen LogP contribution in [0.2, 0.25) is 0 Å². The van der Waals surface area contributed by atoms with Crippen LogP contribution in [0.3, 0.4) is 0 Å². The fourth-order valence-electron chi connectivity index (χ4n) is 2.84. The zero-order chi connectivity index (χ0) is 23.4. The molecule has 12 heteroatoms. The summed E-state index contributed by atoms with van der Waals surface area (Å²) >= 11 is 0. The minimum atomic E-state index is -4.76. The van der Waals surface area contributed by atoms with E-state index in [1.54, 1.807) is 19.2 Å². The molecule has 0 unspecified atom stereocenters. The number of rotatable bonds is 7. The number of nitrogens with one attached hydrogen (secondary N) is 1. The van der Waals surface area contributed by atoms with Crippen LogP contribution >= 0.6 is 0 Å². The summed E-state index contributed by atoms with van der Waals surface area (Å²) in [6.07, 6.45) is -0.345. The Labute approximate surface area is 184 Å². The average molecular weight is 459 g/mol. The molecule has 1 N–H and O–H groups in total. The molecule has 1 amide bonds. The summed E-state index contributed by atoms with van der Waals surface area (Å²) in [5, 5.41) is 5.99. The van der Waals surface area contributed by atoms with Crippen LogP contribution in [-0.2, 0) is 12.6 Å². The lowest BCUT2D eigenvalue weighted by Gasteiger charge is -2.04. The number of hydrogen-bond donors (Lipinski definition) is 1. The molecular formula is C21H16F3N5O4. The van der Waals surface area contributed by atoms with Gasteiger partial charge in [0.25, 0.3) is 5.91 Å². The highest BCUT2D eigenvalue weighted by molar-refractivity contribution is 5.94. The van der Waals surface area contributed by atoms with E-state index in [2.05, 4.69) is 29.9 Å². The number of ether oxygens (including phenoxy) is 1. The van der Waals surface area contributed by atoms with Crippen LogP contribution in [0.15, 0.2) is 57.9 Å². The Hall–Kier alpha value is -4.22. The van der Waals surface area contributed by atoms with Crippen molar-refractivity contribution in [3.8, 4) is 28.6 Å². The van der Waals surface area contributed by atoms with E-state index in [4.69, 9.17) is 9.15 Å². The third-order valence-electron chi connectivity index (χ3n) is 4.48. The fraction of sp³-hybridized carbons (Fsp3) is 0.190.